The fourth-order valence-electron chi connectivity index (χ4n) is 2.00. The first-order chi connectivity index (χ1) is 9.49. The van der Waals surface area contributed by atoms with Crippen LogP contribution in [0.1, 0.15) is 42.7 Å². The molecule has 0 aromatic carbocycles. The first kappa shape index (κ1) is 22.9. The van der Waals surface area contributed by atoms with Gasteiger partial charge in [0.1, 0.15) is 5.69 Å². The lowest BCUT2D eigenvalue weighted by atomic mass is 9.81. The molecule has 0 aliphatic heterocycles. The van der Waals surface area contributed by atoms with Crippen molar-refractivity contribution < 1.29 is 9.59 Å². The van der Waals surface area contributed by atoms with Crippen LogP contribution in [0.4, 0.5) is 0 Å². The van der Waals surface area contributed by atoms with Gasteiger partial charge in [-0.25, -0.2) is 0 Å². The monoisotopic (exact) mass is 350 g/mol. The minimum Gasteiger partial charge on any atom is -0.364 e. The molecule has 0 aliphatic rings. The number of nitrogens with one attached hydrogen (secondary N) is 1. The summed E-state index contributed by atoms with van der Waals surface area (Å²) in [6.07, 6.45) is 2.93. The van der Waals surface area contributed by atoms with E-state index in [2.05, 4.69) is 10.3 Å². The maximum atomic E-state index is 12.2. The third-order valence-electron chi connectivity index (χ3n) is 3.76. The lowest BCUT2D eigenvalue weighted by Gasteiger charge is -2.28. The molecule has 1 rings (SSSR count). The number of rotatable bonds is 7. The molecule has 0 fully saturated rings. The number of carbonyl (C=O) groups is 2. The molecule has 0 radical (unpaired) electrons. The summed E-state index contributed by atoms with van der Waals surface area (Å²) >= 11 is 0. The van der Waals surface area contributed by atoms with Crippen molar-refractivity contribution in [1.29, 1.82) is 0 Å². The average Bonchev–Trinajstić information content (AvgIpc) is 2.48. The molecular weight excluding hydrogens is 327 g/mol. The average molecular weight is 351 g/mol. The Bertz CT molecular complexity index is 468. The highest BCUT2D eigenvalue weighted by Crippen LogP contribution is 2.25. The van der Waals surface area contributed by atoms with Crippen LogP contribution in [0.5, 0.6) is 0 Å². The molecule has 126 valence electrons. The predicted octanol–water partition coefficient (Wildman–Crippen LogP) is 1.41. The summed E-state index contributed by atoms with van der Waals surface area (Å²) in [5.41, 5.74) is 11.3. The van der Waals surface area contributed by atoms with Crippen LogP contribution in [0.15, 0.2) is 18.3 Å². The number of amides is 2. The van der Waals surface area contributed by atoms with Crippen LogP contribution >= 0.6 is 24.8 Å². The Morgan fingerprint density at radius 3 is 2.18 bits per heavy atom. The van der Waals surface area contributed by atoms with E-state index < -0.39 is 11.3 Å². The van der Waals surface area contributed by atoms with Crippen LogP contribution in [0.25, 0.3) is 0 Å². The molecule has 0 saturated carbocycles. The van der Waals surface area contributed by atoms with Gasteiger partial charge in [0.05, 0.1) is 5.41 Å². The molecule has 8 heteroatoms. The zero-order chi connectivity index (χ0) is 15.2. The lowest BCUT2D eigenvalue weighted by Crippen LogP contribution is -2.45. The number of carbonyl (C=O) groups excluding carboxylic acids is 2. The Morgan fingerprint density at radius 1 is 1.23 bits per heavy atom. The number of hydrogen-bond acceptors (Lipinski definition) is 4. The zero-order valence-corrected chi connectivity index (χ0v) is 14.4. The van der Waals surface area contributed by atoms with E-state index in [1.54, 1.807) is 12.1 Å². The maximum Gasteiger partial charge on any atom is 0.267 e. The van der Waals surface area contributed by atoms with E-state index in [1.165, 1.54) is 6.20 Å². The number of aromatic nitrogens is 1. The first-order valence-corrected chi connectivity index (χ1v) is 6.72. The number of hydrogen-bond donors (Lipinski definition) is 3. The molecule has 1 aromatic rings. The Hall–Kier alpha value is -1.37. The molecule has 0 atom stereocenters. The molecule has 0 bridgehead atoms. The smallest absolute Gasteiger partial charge is 0.267 e. The van der Waals surface area contributed by atoms with Crippen LogP contribution in [0.2, 0.25) is 0 Å². The summed E-state index contributed by atoms with van der Waals surface area (Å²) in [7, 11) is 0. The summed E-state index contributed by atoms with van der Waals surface area (Å²) in [6, 6.07) is 3.26. The van der Waals surface area contributed by atoms with Crippen molar-refractivity contribution in [2.75, 3.05) is 6.54 Å². The lowest BCUT2D eigenvalue weighted by molar-refractivity contribution is -0.131. The van der Waals surface area contributed by atoms with Crippen LogP contribution in [-0.2, 0) is 11.3 Å². The van der Waals surface area contributed by atoms with Crippen LogP contribution in [0.3, 0.4) is 0 Å². The van der Waals surface area contributed by atoms with Crippen molar-refractivity contribution in [3.63, 3.8) is 0 Å². The Morgan fingerprint density at radius 2 is 1.82 bits per heavy atom. The van der Waals surface area contributed by atoms with E-state index in [9.17, 15) is 9.59 Å². The van der Waals surface area contributed by atoms with Gasteiger partial charge in [-0.2, -0.15) is 0 Å². The molecule has 1 heterocycles. The van der Waals surface area contributed by atoms with Crippen molar-refractivity contribution in [3.8, 4) is 0 Å². The predicted molar refractivity (Wildman–Crippen MR) is 91.2 cm³/mol. The Balaban J connectivity index is 0. The van der Waals surface area contributed by atoms with E-state index in [4.69, 9.17) is 11.5 Å². The van der Waals surface area contributed by atoms with Crippen molar-refractivity contribution in [3.05, 3.63) is 29.6 Å². The quantitative estimate of drug-likeness (QED) is 0.689. The van der Waals surface area contributed by atoms with Crippen molar-refractivity contribution in [2.45, 2.75) is 33.2 Å². The highest BCUT2D eigenvalue weighted by atomic mass is 35.5. The minimum absolute atomic E-state index is 0. The molecule has 22 heavy (non-hydrogen) atoms. The molecule has 2 amide bonds. The fourth-order valence-corrected chi connectivity index (χ4v) is 2.00. The van der Waals surface area contributed by atoms with Gasteiger partial charge in [0.25, 0.3) is 5.91 Å². The van der Waals surface area contributed by atoms with Gasteiger partial charge in [0.2, 0.25) is 5.91 Å². The topological polar surface area (TPSA) is 111 Å². The highest BCUT2D eigenvalue weighted by Gasteiger charge is 2.32. The van der Waals surface area contributed by atoms with E-state index in [0.717, 1.165) is 5.56 Å². The molecule has 6 nitrogen and oxygen atoms in total. The van der Waals surface area contributed by atoms with E-state index in [-0.39, 0.29) is 36.4 Å². The maximum absolute atomic E-state index is 12.2. The van der Waals surface area contributed by atoms with Gasteiger partial charge in [-0.15, -0.1) is 24.8 Å². The molecule has 0 aliphatic carbocycles. The fraction of sp³-hybridized carbons (Fsp3) is 0.500. The van der Waals surface area contributed by atoms with E-state index in [0.29, 0.717) is 25.9 Å². The molecular formula is C14H24Cl2N4O2. The van der Waals surface area contributed by atoms with Crippen molar-refractivity contribution in [2.24, 2.45) is 16.9 Å². The van der Waals surface area contributed by atoms with Gasteiger partial charge in [-0.3, -0.25) is 14.6 Å². The second-order valence-electron chi connectivity index (χ2n) is 4.79. The minimum atomic E-state index is -0.570. The first-order valence-electron chi connectivity index (χ1n) is 6.72. The molecule has 0 unspecified atom stereocenters. The third-order valence-corrected chi connectivity index (χ3v) is 3.76. The summed E-state index contributed by atoms with van der Waals surface area (Å²) in [5, 5.41) is 2.87. The standard InChI is InChI=1S/C14H22N4O2.2ClH/c1-3-14(4-2,9-15)13(20)18-8-10-5-6-11(12(16)19)17-7-10;;/h5-7H,3-4,8-9,15H2,1-2H3,(H2,16,19)(H,18,20);2*1H. The Labute approximate surface area is 143 Å². The SMILES string of the molecule is CCC(CC)(CN)C(=O)NCc1ccc(C(N)=O)nc1.Cl.Cl. The molecule has 0 saturated heterocycles. The number of nitrogens with zero attached hydrogens (tertiary/aromatic N) is 1. The summed E-state index contributed by atoms with van der Waals surface area (Å²) in [5.74, 6) is -0.622. The van der Waals surface area contributed by atoms with Crippen molar-refractivity contribution >= 4 is 36.6 Å². The van der Waals surface area contributed by atoms with Crippen LogP contribution < -0.4 is 16.8 Å². The second-order valence-corrected chi connectivity index (χ2v) is 4.79. The van der Waals surface area contributed by atoms with Crippen molar-refractivity contribution in [1.82, 2.24) is 10.3 Å². The van der Waals surface area contributed by atoms with Gasteiger partial charge in [-0.05, 0) is 24.5 Å². The number of nitrogens with two attached hydrogens (primary N) is 2. The zero-order valence-electron chi connectivity index (χ0n) is 12.8. The largest absolute Gasteiger partial charge is 0.364 e. The summed E-state index contributed by atoms with van der Waals surface area (Å²) < 4.78 is 0. The van der Waals surface area contributed by atoms with Gasteiger partial charge < -0.3 is 16.8 Å². The molecule has 0 spiro atoms. The highest BCUT2D eigenvalue weighted by molar-refractivity contribution is 5.90. The normalized spacial score (nSPS) is 10.1. The molecule has 5 N–H and O–H groups in total. The summed E-state index contributed by atoms with van der Waals surface area (Å²) in [4.78, 5) is 27.1. The van der Waals surface area contributed by atoms with Gasteiger partial charge >= 0.3 is 0 Å². The van der Waals surface area contributed by atoms with E-state index in [1.807, 2.05) is 13.8 Å². The summed E-state index contributed by atoms with van der Waals surface area (Å²) in [6.45, 7) is 4.59. The molecule has 1 aromatic heterocycles. The van der Waals surface area contributed by atoms with Gasteiger partial charge in [-0.1, -0.05) is 19.9 Å². The van der Waals surface area contributed by atoms with E-state index >= 15 is 0 Å². The van der Waals surface area contributed by atoms with Crippen LogP contribution in [-0.4, -0.2) is 23.3 Å². The third kappa shape index (κ3) is 5.44. The van der Waals surface area contributed by atoms with Crippen LogP contribution in [0, 0.1) is 5.41 Å². The number of primary amides is 1. The number of pyridine rings is 1. The Kier molecular flexibility index (Phi) is 10.8. The van der Waals surface area contributed by atoms with Gasteiger partial charge in [0.15, 0.2) is 0 Å². The number of halogens is 2. The second kappa shape index (κ2) is 10.4. The van der Waals surface area contributed by atoms with Gasteiger partial charge in [0, 0.05) is 19.3 Å².